The van der Waals surface area contributed by atoms with E-state index in [1.807, 2.05) is 32.0 Å². The summed E-state index contributed by atoms with van der Waals surface area (Å²) in [7, 11) is 0. The molecule has 0 saturated carbocycles. The first-order valence-electron chi connectivity index (χ1n) is 8.87. The highest BCUT2D eigenvalue weighted by atomic mass is 16.5. The maximum atomic E-state index is 12.6. The molecule has 2 rings (SSSR count). The molecule has 0 spiro atoms. The fourth-order valence-corrected chi connectivity index (χ4v) is 2.70. The van der Waals surface area contributed by atoms with Crippen LogP contribution in [0, 0.1) is 6.92 Å². The lowest BCUT2D eigenvalue weighted by Crippen LogP contribution is -2.34. The lowest BCUT2D eigenvalue weighted by atomic mass is 10.0. The van der Waals surface area contributed by atoms with Crippen molar-refractivity contribution in [1.82, 2.24) is 5.32 Å². The minimum Gasteiger partial charge on any atom is -0.490 e. The molecule has 0 radical (unpaired) electrons. The Bertz CT molecular complexity index is 803. The van der Waals surface area contributed by atoms with E-state index in [2.05, 4.69) is 11.4 Å². The number of hydrogen-bond donors (Lipinski definition) is 2. The Balaban J connectivity index is 2.07. The molecule has 6 heteroatoms. The average molecular weight is 371 g/mol. The number of hydrogen-bond acceptors (Lipinski definition) is 4. The Morgan fingerprint density at radius 3 is 2.52 bits per heavy atom. The SMILES string of the molecule is CCOc1cc(C(=O)NC(C)Cc2ccccc2C)ccc1OCC(=O)O. The van der Waals surface area contributed by atoms with Crippen LogP contribution in [-0.4, -0.2) is 36.2 Å². The second-order valence-electron chi connectivity index (χ2n) is 6.28. The molecule has 1 amide bonds. The maximum Gasteiger partial charge on any atom is 0.341 e. The van der Waals surface area contributed by atoms with E-state index >= 15 is 0 Å². The van der Waals surface area contributed by atoms with Crippen LogP contribution < -0.4 is 14.8 Å². The molecule has 2 aromatic carbocycles. The standard InChI is InChI=1S/C21H25NO5/c1-4-26-19-12-17(9-10-18(19)27-13-20(23)24)21(25)22-15(3)11-16-8-6-5-7-14(16)2/h5-10,12,15H,4,11,13H2,1-3H3,(H,22,25)(H,23,24). The Kier molecular flexibility index (Phi) is 7.23. The minimum absolute atomic E-state index is 0.0444. The van der Waals surface area contributed by atoms with Gasteiger partial charge in [-0.05, 0) is 56.5 Å². The van der Waals surface area contributed by atoms with Crippen LogP contribution in [0.15, 0.2) is 42.5 Å². The van der Waals surface area contributed by atoms with E-state index in [1.54, 1.807) is 25.1 Å². The van der Waals surface area contributed by atoms with Crippen LogP contribution in [0.1, 0.15) is 35.3 Å². The number of carboxylic acid groups (broad SMARTS) is 1. The van der Waals surface area contributed by atoms with E-state index in [4.69, 9.17) is 14.6 Å². The normalized spacial score (nSPS) is 11.5. The lowest BCUT2D eigenvalue weighted by molar-refractivity contribution is -0.139. The first-order chi connectivity index (χ1) is 12.9. The molecular weight excluding hydrogens is 346 g/mol. The van der Waals surface area contributed by atoms with Crippen LogP contribution >= 0.6 is 0 Å². The van der Waals surface area contributed by atoms with Crippen molar-refractivity contribution < 1.29 is 24.2 Å². The zero-order valence-corrected chi connectivity index (χ0v) is 15.8. The number of aryl methyl sites for hydroxylation is 1. The van der Waals surface area contributed by atoms with E-state index in [0.717, 1.165) is 6.42 Å². The summed E-state index contributed by atoms with van der Waals surface area (Å²) >= 11 is 0. The Hall–Kier alpha value is -3.02. The first kappa shape index (κ1) is 20.3. The van der Waals surface area contributed by atoms with Gasteiger partial charge >= 0.3 is 5.97 Å². The Labute approximate surface area is 159 Å². The molecular formula is C21H25NO5. The van der Waals surface area contributed by atoms with Gasteiger partial charge in [0.1, 0.15) is 0 Å². The molecule has 0 fully saturated rings. The average Bonchev–Trinajstić information content (AvgIpc) is 2.62. The van der Waals surface area contributed by atoms with Gasteiger partial charge in [0.15, 0.2) is 18.1 Å². The van der Waals surface area contributed by atoms with Crippen molar-refractivity contribution in [3.05, 3.63) is 59.2 Å². The van der Waals surface area contributed by atoms with Gasteiger partial charge in [0.25, 0.3) is 5.91 Å². The Morgan fingerprint density at radius 2 is 1.85 bits per heavy atom. The molecule has 0 saturated heterocycles. The molecule has 1 atom stereocenters. The molecule has 27 heavy (non-hydrogen) atoms. The van der Waals surface area contributed by atoms with Gasteiger partial charge in [-0.25, -0.2) is 4.79 Å². The largest absolute Gasteiger partial charge is 0.490 e. The number of nitrogens with one attached hydrogen (secondary N) is 1. The van der Waals surface area contributed by atoms with E-state index in [-0.39, 0.29) is 11.9 Å². The van der Waals surface area contributed by atoms with Gasteiger partial charge in [-0.1, -0.05) is 24.3 Å². The first-order valence-corrected chi connectivity index (χ1v) is 8.87. The fourth-order valence-electron chi connectivity index (χ4n) is 2.70. The predicted octanol–water partition coefficient (Wildman–Crippen LogP) is 3.22. The van der Waals surface area contributed by atoms with Gasteiger partial charge in [0.05, 0.1) is 6.61 Å². The number of ether oxygens (including phenoxy) is 2. The monoisotopic (exact) mass is 371 g/mol. The highest BCUT2D eigenvalue weighted by Crippen LogP contribution is 2.28. The van der Waals surface area contributed by atoms with Crippen LogP contribution in [0.3, 0.4) is 0 Å². The fraction of sp³-hybridized carbons (Fsp3) is 0.333. The summed E-state index contributed by atoms with van der Waals surface area (Å²) in [6.07, 6.45) is 0.733. The van der Waals surface area contributed by atoms with Gasteiger partial charge in [0, 0.05) is 11.6 Å². The van der Waals surface area contributed by atoms with E-state index in [9.17, 15) is 9.59 Å². The summed E-state index contributed by atoms with van der Waals surface area (Å²) in [4.78, 5) is 23.2. The number of carboxylic acids is 1. The second-order valence-corrected chi connectivity index (χ2v) is 6.28. The molecule has 0 aromatic heterocycles. The van der Waals surface area contributed by atoms with Gasteiger partial charge in [-0.2, -0.15) is 0 Å². The quantitative estimate of drug-likeness (QED) is 0.707. The number of carbonyl (C=O) groups excluding carboxylic acids is 1. The third-order valence-corrected chi connectivity index (χ3v) is 4.02. The van der Waals surface area contributed by atoms with Gasteiger partial charge < -0.3 is 19.9 Å². The van der Waals surface area contributed by atoms with Crippen LogP contribution in [0.2, 0.25) is 0 Å². The van der Waals surface area contributed by atoms with Crippen molar-refractivity contribution in [2.24, 2.45) is 0 Å². The van der Waals surface area contributed by atoms with E-state index in [0.29, 0.717) is 23.7 Å². The zero-order valence-electron chi connectivity index (χ0n) is 15.8. The minimum atomic E-state index is -1.08. The summed E-state index contributed by atoms with van der Waals surface area (Å²) in [5.74, 6) is -0.659. The highest BCUT2D eigenvalue weighted by molar-refractivity contribution is 5.95. The van der Waals surface area contributed by atoms with Gasteiger partial charge in [0.2, 0.25) is 0 Å². The van der Waals surface area contributed by atoms with Crippen molar-refractivity contribution >= 4 is 11.9 Å². The van der Waals surface area contributed by atoms with Crippen LogP contribution in [0.25, 0.3) is 0 Å². The number of amides is 1. The maximum absolute atomic E-state index is 12.6. The third kappa shape index (κ3) is 6.02. The van der Waals surface area contributed by atoms with E-state index in [1.165, 1.54) is 11.1 Å². The molecule has 0 bridgehead atoms. The summed E-state index contributed by atoms with van der Waals surface area (Å²) in [5, 5.41) is 11.7. The molecule has 2 N–H and O–H groups in total. The number of aliphatic carboxylic acids is 1. The van der Waals surface area contributed by atoms with Crippen molar-refractivity contribution in [3.63, 3.8) is 0 Å². The smallest absolute Gasteiger partial charge is 0.341 e. The van der Waals surface area contributed by atoms with Crippen LogP contribution in [-0.2, 0) is 11.2 Å². The third-order valence-electron chi connectivity index (χ3n) is 4.02. The number of benzene rings is 2. The second kappa shape index (κ2) is 9.62. The predicted molar refractivity (Wildman–Crippen MR) is 103 cm³/mol. The van der Waals surface area contributed by atoms with Gasteiger partial charge in [-0.3, -0.25) is 4.79 Å². The van der Waals surface area contributed by atoms with Crippen LogP contribution in [0.4, 0.5) is 0 Å². The molecule has 0 heterocycles. The molecule has 0 aliphatic heterocycles. The molecule has 0 aliphatic rings. The molecule has 1 unspecified atom stereocenters. The summed E-state index contributed by atoms with van der Waals surface area (Å²) in [6, 6.07) is 12.7. The zero-order chi connectivity index (χ0) is 19.8. The van der Waals surface area contributed by atoms with Crippen molar-refractivity contribution in [2.75, 3.05) is 13.2 Å². The summed E-state index contributed by atoms with van der Waals surface area (Å²) in [5.41, 5.74) is 2.81. The van der Waals surface area contributed by atoms with Crippen molar-refractivity contribution in [2.45, 2.75) is 33.2 Å². The number of rotatable bonds is 9. The van der Waals surface area contributed by atoms with E-state index < -0.39 is 12.6 Å². The molecule has 0 aliphatic carbocycles. The summed E-state index contributed by atoms with van der Waals surface area (Å²) < 4.78 is 10.7. The lowest BCUT2D eigenvalue weighted by Gasteiger charge is -2.16. The molecule has 144 valence electrons. The Morgan fingerprint density at radius 1 is 1.11 bits per heavy atom. The van der Waals surface area contributed by atoms with Crippen LogP contribution in [0.5, 0.6) is 11.5 Å². The topological polar surface area (TPSA) is 84.9 Å². The number of carbonyl (C=O) groups is 2. The molecule has 6 nitrogen and oxygen atoms in total. The highest BCUT2D eigenvalue weighted by Gasteiger charge is 2.15. The van der Waals surface area contributed by atoms with Crippen molar-refractivity contribution in [1.29, 1.82) is 0 Å². The summed E-state index contributed by atoms with van der Waals surface area (Å²) in [6.45, 7) is 5.71. The van der Waals surface area contributed by atoms with Crippen molar-refractivity contribution in [3.8, 4) is 11.5 Å². The van der Waals surface area contributed by atoms with Gasteiger partial charge in [-0.15, -0.1) is 0 Å². The molecule has 2 aromatic rings.